The highest BCUT2D eigenvalue weighted by Gasteiger charge is 2.27. The van der Waals surface area contributed by atoms with E-state index < -0.39 is 0 Å². The van der Waals surface area contributed by atoms with Crippen molar-refractivity contribution in [1.29, 1.82) is 0 Å². The molecule has 3 heterocycles. The molecule has 0 spiro atoms. The third kappa shape index (κ3) is 3.03. The minimum Gasteiger partial charge on any atom is -0.357 e. The van der Waals surface area contributed by atoms with Gasteiger partial charge in [0.2, 0.25) is 0 Å². The Morgan fingerprint density at radius 2 is 2.26 bits per heavy atom. The SMILES string of the molecule is CC(C)N(C)Cc1nn(C)c2c1CCN(C(=O)c1ccc[nH]1)C2. The molecule has 0 atom stereocenters. The van der Waals surface area contributed by atoms with Gasteiger partial charge in [-0.05, 0) is 39.4 Å². The number of hydrogen-bond acceptors (Lipinski definition) is 3. The van der Waals surface area contributed by atoms with Gasteiger partial charge in [-0.25, -0.2) is 0 Å². The molecule has 1 aliphatic heterocycles. The number of H-pyrrole nitrogens is 1. The zero-order chi connectivity index (χ0) is 16.6. The Hall–Kier alpha value is -2.08. The predicted molar refractivity (Wildman–Crippen MR) is 89.0 cm³/mol. The van der Waals surface area contributed by atoms with Gasteiger partial charge in [-0.1, -0.05) is 0 Å². The summed E-state index contributed by atoms with van der Waals surface area (Å²) < 4.78 is 1.94. The number of aromatic nitrogens is 3. The molecule has 2 aromatic heterocycles. The van der Waals surface area contributed by atoms with Crippen molar-refractivity contribution in [1.82, 2.24) is 24.6 Å². The van der Waals surface area contributed by atoms with Crippen molar-refractivity contribution in [2.45, 2.75) is 39.4 Å². The first-order valence-electron chi connectivity index (χ1n) is 8.14. The first-order valence-corrected chi connectivity index (χ1v) is 8.14. The Kier molecular flexibility index (Phi) is 4.26. The van der Waals surface area contributed by atoms with Gasteiger partial charge in [0.25, 0.3) is 5.91 Å². The summed E-state index contributed by atoms with van der Waals surface area (Å²) in [7, 11) is 4.09. The van der Waals surface area contributed by atoms with Crippen LogP contribution in [-0.2, 0) is 26.6 Å². The van der Waals surface area contributed by atoms with Gasteiger partial charge in [0.05, 0.1) is 17.9 Å². The predicted octanol–water partition coefficient (Wildman–Crippen LogP) is 1.79. The van der Waals surface area contributed by atoms with Gasteiger partial charge in [-0.3, -0.25) is 14.4 Å². The number of nitrogens with one attached hydrogen (secondary N) is 1. The average Bonchev–Trinajstić information content (AvgIpc) is 3.15. The summed E-state index contributed by atoms with van der Waals surface area (Å²) >= 11 is 0. The number of carbonyl (C=O) groups is 1. The van der Waals surface area contributed by atoms with E-state index in [-0.39, 0.29) is 5.91 Å². The van der Waals surface area contributed by atoms with Crippen molar-refractivity contribution in [2.24, 2.45) is 7.05 Å². The first kappa shape index (κ1) is 15.8. The number of aryl methyl sites for hydroxylation is 1. The van der Waals surface area contributed by atoms with Gasteiger partial charge in [0.1, 0.15) is 5.69 Å². The third-order valence-corrected chi connectivity index (χ3v) is 4.73. The van der Waals surface area contributed by atoms with E-state index in [1.54, 1.807) is 6.20 Å². The molecule has 0 saturated heterocycles. The van der Waals surface area contributed by atoms with Crippen LogP contribution in [-0.4, -0.2) is 50.1 Å². The molecule has 0 fully saturated rings. The smallest absolute Gasteiger partial charge is 0.270 e. The highest BCUT2D eigenvalue weighted by molar-refractivity contribution is 5.92. The molecule has 1 amide bonds. The fourth-order valence-electron chi connectivity index (χ4n) is 3.01. The van der Waals surface area contributed by atoms with Crippen LogP contribution >= 0.6 is 0 Å². The summed E-state index contributed by atoms with van der Waals surface area (Å²) in [5, 5.41) is 4.70. The second kappa shape index (κ2) is 6.20. The van der Waals surface area contributed by atoms with E-state index >= 15 is 0 Å². The molecular formula is C17H25N5O. The number of hydrogen-bond donors (Lipinski definition) is 1. The Bertz CT molecular complexity index is 686. The molecule has 0 bridgehead atoms. The fourth-order valence-corrected chi connectivity index (χ4v) is 3.01. The fraction of sp³-hybridized carbons (Fsp3) is 0.529. The maximum absolute atomic E-state index is 12.5. The van der Waals surface area contributed by atoms with Gasteiger partial charge >= 0.3 is 0 Å². The lowest BCUT2D eigenvalue weighted by Gasteiger charge is -2.28. The van der Waals surface area contributed by atoms with Crippen molar-refractivity contribution in [3.8, 4) is 0 Å². The van der Waals surface area contributed by atoms with Gasteiger partial charge in [-0.2, -0.15) is 5.10 Å². The van der Waals surface area contributed by atoms with Gasteiger partial charge < -0.3 is 9.88 Å². The van der Waals surface area contributed by atoms with E-state index in [1.165, 1.54) is 5.56 Å². The Balaban J connectivity index is 1.79. The lowest BCUT2D eigenvalue weighted by molar-refractivity contribution is 0.0725. The first-order chi connectivity index (χ1) is 11.0. The molecule has 1 aliphatic rings. The van der Waals surface area contributed by atoms with Crippen molar-refractivity contribution in [3.63, 3.8) is 0 Å². The molecule has 3 rings (SSSR count). The van der Waals surface area contributed by atoms with E-state index in [9.17, 15) is 4.79 Å². The van der Waals surface area contributed by atoms with Crippen molar-refractivity contribution in [2.75, 3.05) is 13.6 Å². The van der Waals surface area contributed by atoms with Crippen LogP contribution < -0.4 is 0 Å². The number of amides is 1. The Labute approximate surface area is 137 Å². The standard InChI is InChI=1S/C17H25N5O/c1-12(2)20(3)10-15-13-7-9-22(11-16(13)21(4)19-15)17(23)14-6-5-8-18-14/h5-6,8,12,18H,7,9-11H2,1-4H3. The molecule has 0 radical (unpaired) electrons. The summed E-state index contributed by atoms with van der Waals surface area (Å²) in [6.07, 6.45) is 2.66. The summed E-state index contributed by atoms with van der Waals surface area (Å²) in [6.45, 7) is 6.60. The van der Waals surface area contributed by atoms with E-state index in [1.807, 2.05) is 28.8 Å². The van der Waals surface area contributed by atoms with Gasteiger partial charge in [0, 0.05) is 37.9 Å². The van der Waals surface area contributed by atoms with Crippen LogP contribution in [0.2, 0.25) is 0 Å². The lowest BCUT2D eigenvalue weighted by Crippen LogP contribution is -2.37. The molecule has 124 valence electrons. The normalized spacial score (nSPS) is 14.6. The summed E-state index contributed by atoms with van der Waals surface area (Å²) in [6, 6.07) is 4.17. The average molecular weight is 315 g/mol. The van der Waals surface area contributed by atoms with E-state index in [0.717, 1.165) is 30.9 Å². The van der Waals surface area contributed by atoms with Crippen LogP contribution in [0.3, 0.4) is 0 Å². The number of nitrogens with zero attached hydrogens (tertiary/aromatic N) is 4. The van der Waals surface area contributed by atoms with Crippen molar-refractivity contribution in [3.05, 3.63) is 41.0 Å². The van der Waals surface area contributed by atoms with Gasteiger partial charge in [-0.15, -0.1) is 0 Å². The van der Waals surface area contributed by atoms with Crippen molar-refractivity contribution >= 4 is 5.91 Å². The monoisotopic (exact) mass is 315 g/mol. The second-order valence-electron chi connectivity index (χ2n) is 6.56. The molecular weight excluding hydrogens is 290 g/mol. The highest BCUT2D eigenvalue weighted by Crippen LogP contribution is 2.24. The Morgan fingerprint density at radius 3 is 2.91 bits per heavy atom. The number of rotatable bonds is 4. The van der Waals surface area contributed by atoms with Crippen LogP contribution in [0.4, 0.5) is 0 Å². The van der Waals surface area contributed by atoms with E-state index in [0.29, 0.717) is 18.3 Å². The lowest BCUT2D eigenvalue weighted by atomic mass is 10.0. The van der Waals surface area contributed by atoms with Crippen molar-refractivity contribution < 1.29 is 4.79 Å². The zero-order valence-electron chi connectivity index (χ0n) is 14.3. The second-order valence-corrected chi connectivity index (χ2v) is 6.56. The minimum absolute atomic E-state index is 0.0581. The Morgan fingerprint density at radius 1 is 1.48 bits per heavy atom. The summed E-state index contributed by atoms with van der Waals surface area (Å²) in [5.41, 5.74) is 4.26. The molecule has 0 aromatic carbocycles. The van der Waals surface area contributed by atoms with Crippen LogP contribution in [0.1, 0.15) is 41.3 Å². The molecule has 1 N–H and O–H groups in total. The maximum atomic E-state index is 12.5. The molecule has 0 unspecified atom stereocenters. The topological polar surface area (TPSA) is 57.2 Å². The quantitative estimate of drug-likeness (QED) is 0.936. The highest BCUT2D eigenvalue weighted by atomic mass is 16.2. The maximum Gasteiger partial charge on any atom is 0.270 e. The molecule has 0 saturated carbocycles. The van der Waals surface area contributed by atoms with Crippen LogP contribution in [0.5, 0.6) is 0 Å². The van der Waals surface area contributed by atoms with Crippen LogP contribution in [0.25, 0.3) is 0 Å². The summed E-state index contributed by atoms with van der Waals surface area (Å²) in [5.74, 6) is 0.0581. The molecule has 6 nitrogen and oxygen atoms in total. The van der Waals surface area contributed by atoms with Crippen LogP contribution in [0, 0.1) is 0 Å². The van der Waals surface area contributed by atoms with Gasteiger partial charge in [0.15, 0.2) is 0 Å². The third-order valence-electron chi connectivity index (χ3n) is 4.73. The molecule has 23 heavy (non-hydrogen) atoms. The number of carbonyl (C=O) groups excluding carboxylic acids is 1. The number of fused-ring (bicyclic) bond motifs is 1. The zero-order valence-corrected chi connectivity index (χ0v) is 14.3. The number of aromatic amines is 1. The molecule has 6 heteroatoms. The van der Waals surface area contributed by atoms with Crippen LogP contribution in [0.15, 0.2) is 18.3 Å². The van der Waals surface area contributed by atoms with E-state index in [4.69, 9.17) is 5.10 Å². The molecule has 2 aromatic rings. The minimum atomic E-state index is 0.0581. The molecule has 0 aliphatic carbocycles. The summed E-state index contributed by atoms with van der Waals surface area (Å²) in [4.78, 5) is 19.7. The van der Waals surface area contributed by atoms with E-state index in [2.05, 4.69) is 30.8 Å². The largest absolute Gasteiger partial charge is 0.357 e.